The number of benzene rings is 5. The second-order valence-electron chi connectivity index (χ2n) is 13.5. The maximum Gasteiger partial charge on any atom is 0.311 e. The van der Waals surface area contributed by atoms with E-state index < -0.39 is 0 Å². The zero-order valence-corrected chi connectivity index (χ0v) is 36.9. The number of hydrogen-bond acceptors (Lipinski definition) is 7. The molecule has 0 aliphatic heterocycles. The molecule has 336 valence electrons. The lowest BCUT2D eigenvalue weighted by molar-refractivity contribution is -0.134. The Morgan fingerprint density at radius 3 is 1.50 bits per heavy atom. The molecule has 13 heteroatoms. The number of hydrogen-bond donors (Lipinski definition) is 1. The van der Waals surface area contributed by atoms with E-state index in [1.807, 2.05) is 48.5 Å². The molecule has 7 rings (SSSR count). The van der Waals surface area contributed by atoms with Crippen molar-refractivity contribution < 1.29 is 27.8 Å². The van der Waals surface area contributed by atoms with Gasteiger partial charge in [-0.05, 0) is 94.0 Å². The Balaban J connectivity index is 0.000000323. The van der Waals surface area contributed by atoms with Crippen molar-refractivity contribution in [2.75, 3.05) is 19.6 Å². The first-order valence-corrected chi connectivity index (χ1v) is 21.1. The second kappa shape index (κ2) is 26.9. The van der Waals surface area contributed by atoms with Gasteiger partial charge in [0.05, 0.1) is 42.8 Å². The Labute approximate surface area is 395 Å². The highest BCUT2D eigenvalue weighted by atomic mass is 35.5. The van der Waals surface area contributed by atoms with Gasteiger partial charge in [0, 0.05) is 53.9 Å². The van der Waals surface area contributed by atoms with E-state index in [-0.39, 0.29) is 44.2 Å². The summed E-state index contributed by atoms with van der Waals surface area (Å²) in [6.07, 6.45) is 4.92. The molecule has 0 aliphatic rings. The highest BCUT2D eigenvalue weighted by Gasteiger charge is 2.19. The van der Waals surface area contributed by atoms with Crippen molar-refractivity contribution in [3.8, 4) is 39.5 Å². The van der Waals surface area contributed by atoms with Crippen LogP contribution in [0.3, 0.4) is 0 Å². The van der Waals surface area contributed by atoms with Crippen molar-refractivity contribution in [3.05, 3.63) is 195 Å². The summed E-state index contributed by atoms with van der Waals surface area (Å²) in [7, 11) is 3.04. The van der Waals surface area contributed by atoms with Gasteiger partial charge in [-0.1, -0.05) is 105 Å². The van der Waals surface area contributed by atoms with Gasteiger partial charge < -0.3 is 19.9 Å². The lowest BCUT2D eigenvalue weighted by Gasteiger charge is -2.14. The monoisotopic (exact) mass is 947 g/mol. The van der Waals surface area contributed by atoms with Crippen molar-refractivity contribution in [2.45, 2.75) is 47.1 Å². The van der Waals surface area contributed by atoms with Crippen LogP contribution in [0.15, 0.2) is 140 Å². The average molecular weight is 950 g/mol. The lowest BCUT2D eigenvalue weighted by Crippen LogP contribution is -2.09. The molecule has 2 heterocycles. The Bertz CT molecular complexity index is 2530. The van der Waals surface area contributed by atoms with Gasteiger partial charge in [-0.15, -0.1) is 23.2 Å². The molecule has 64 heavy (non-hydrogen) atoms. The summed E-state index contributed by atoms with van der Waals surface area (Å²) < 4.78 is 46.7. The maximum atomic E-state index is 15.5. The number of esters is 1. The summed E-state index contributed by atoms with van der Waals surface area (Å²) in [5.74, 6) is 0.457. The first-order valence-electron chi connectivity index (χ1n) is 19.2. The molecular weight excluding hydrogens is 898 g/mol. The van der Waals surface area contributed by atoms with Gasteiger partial charge in [-0.25, -0.2) is 8.78 Å². The molecule has 0 spiro atoms. The Morgan fingerprint density at radius 2 is 1.09 bits per heavy atom. The van der Waals surface area contributed by atoms with Crippen LogP contribution in [0.4, 0.5) is 8.78 Å². The molecule has 0 amide bonds. The number of nitrogens with two attached hydrogens (primary N) is 1. The topological polar surface area (TPSA) is 96.6 Å². The minimum atomic E-state index is -0.352. The summed E-state index contributed by atoms with van der Waals surface area (Å²) in [6, 6.07) is 37.6. The molecule has 0 aliphatic carbocycles. The third-order valence-electron chi connectivity index (χ3n) is 9.36. The van der Waals surface area contributed by atoms with Crippen molar-refractivity contribution >= 4 is 52.4 Å². The summed E-state index contributed by atoms with van der Waals surface area (Å²) in [5, 5.41) is 1.27. The molecular formula is C51H51Cl4F2N3O4. The summed E-state index contributed by atoms with van der Waals surface area (Å²) in [6.45, 7) is 0.385. The number of rotatable bonds is 13. The quantitative estimate of drug-likeness (QED) is 0.0699. The summed E-state index contributed by atoms with van der Waals surface area (Å²) in [5.41, 5.74) is 12.1. The zero-order valence-electron chi connectivity index (χ0n) is 33.9. The normalized spacial score (nSPS) is 10.1. The number of para-hydroxylation sites is 1. The van der Waals surface area contributed by atoms with Gasteiger partial charge in [0.1, 0.15) is 28.9 Å². The molecule has 0 atom stereocenters. The maximum absolute atomic E-state index is 15.5. The highest BCUT2D eigenvalue weighted by molar-refractivity contribution is 6.40. The Hall–Kier alpha value is -5.55. The average Bonchev–Trinajstić information content (AvgIpc) is 3.28. The van der Waals surface area contributed by atoms with Crippen LogP contribution in [0, 0.1) is 11.6 Å². The number of nitrogens with zero attached hydrogens (tertiary/aromatic N) is 2. The Kier molecular flexibility index (Phi) is 22.2. The number of methoxy groups -OCH3 is 2. The zero-order chi connectivity index (χ0) is 44.4. The largest absolute Gasteiger partial charge is 0.496 e. The first-order chi connectivity index (χ1) is 30.1. The molecule has 0 unspecified atom stereocenters. The number of ether oxygens (including phenoxy) is 3. The van der Waals surface area contributed by atoms with Crippen LogP contribution in [0.2, 0.25) is 10.0 Å². The van der Waals surface area contributed by atoms with Crippen LogP contribution >= 0.6 is 46.4 Å². The van der Waals surface area contributed by atoms with Gasteiger partial charge >= 0.3 is 5.97 Å². The van der Waals surface area contributed by atoms with E-state index >= 15 is 8.78 Å². The number of carbonyl (C=O) groups excluding carboxylic acids is 1. The third-order valence-corrected chi connectivity index (χ3v) is 9.83. The molecule has 7 aromatic rings. The molecule has 0 fully saturated rings. The fourth-order valence-electron chi connectivity index (χ4n) is 6.37. The highest BCUT2D eigenvalue weighted by Crippen LogP contribution is 2.37. The number of halogens is 6. The molecule has 5 aromatic carbocycles. The number of alkyl halides is 2. The second-order valence-corrected chi connectivity index (χ2v) is 15.2. The molecule has 0 saturated carbocycles. The van der Waals surface area contributed by atoms with Crippen LogP contribution in [-0.2, 0) is 30.6 Å². The van der Waals surface area contributed by atoms with E-state index in [0.29, 0.717) is 86.5 Å². The van der Waals surface area contributed by atoms with Gasteiger partial charge in [0.2, 0.25) is 0 Å². The first kappa shape index (κ1) is 52.8. The third kappa shape index (κ3) is 15.0. The molecule has 0 radical (unpaired) electrons. The van der Waals surface area contributed by atoms with Crippen molar-refractivity contribution in [2.24, 2.45) is 5.73 Å². The minimum Gasteiger partial charge on any atom is -0.496 e. The van der Waals surface area contributed by atoms with E-state index in [0.717, 1.165) is 22.5 Å². The number of aryl methyl sites for hydroxylation is 1. The summed E-state index contributed by atoms with van der Waals surface area (Å²) >= 11 is 21.7. The summed E-state index contributed by atoms with van der Waals surface area (Å²) in [4.78, 5) is 20.7. The number of aromatic nitrogens is 2. The Morgan fingerprint density at radius 1 is 0.625 bits per heavy atom. The van der Waals surface area contributed by atoms with E-state index in [2.05, 4.69) is 9.97 Å². The van der Waals surface area contributed by atoms with Crippen molar-refractivity contribution in [3.63, 3.8) is 0 Å². The predicted octanol–water partition coefficient (Wildman–Crippen LogP) is 14.0. The standard InChI is InChI=1S/C28H23ClFNO3.C20H18ClFN2O.CH2Cl2.2CH4/c1-33-25-14-11-21(28(30)27(25)20-6-5-7-22(29)17-20)16-19-10-12-23(31-18-19)13-15-26(32)34-24-8-3-2-4-9-24;1-25-18-8-6-15(9-13-5-7-17(11-23)24-12-13)20(22)19(18)14-3-2-4-16(21)10-14;2-1-3;;/h2-12,14,17-18H,13,15-16H2,1H3;2-8,10,12H,9,11,23H2,1H3;1H2;2*1H4. The fraction of sp³-hybridized carbons (Fsp3) is 0.196. The molecule has 7 nitrogen and oxygen atoms in total. The van der Waals surface area contributed by atoms with Crippen LogP contribution in [-0.4, -0.2) is 35.5 Å². The number of pyridine rings is 2. The van der Waals surface area contributed by atoms with Crippen LogP contribution in [0.1, 0.15) is 54.9 Å². The predicted molar refractivity (Wildman–Crippen MR) is 259 cm³/mol. The van der Waals surface area contributed by atoms with Crippen LogP contribution in [0.5, 0.6) is 17.2 Å². The van der Waals surface area contributed by atoms with E-state index in [9.17, 15) is 4.79 Å². The van der Waals surface area contributed by atoms with E-state index in [1.165, 1.54) is 14.2 Å². The minimum absolute atomic E-state index is 0. The van der Waals surface area contributed by atoms with Crippen LogP contribution < -0.4 is 19.9 Å². The van der Waals surface area contributed by atoms with Crippen LogP contribution in [0.25, 0.3) is 22.3 Å². The molecule has 0 bridgehead atoms. The number of carbonyl (C=O) groups is 1. The van der Waals surface area contributed by atoms with Gasteiger partial charge in [-0.3, -0.25) is 14.8 Å². The van der Waals surface area contributed by atoms with Gasteiger partial charge in [0.25, 0.3) is 0 Å². The smallest absolute Gasteiger partial charge is 0.311 e. The van der Waals surface area contributed by atoms with E-state index in [4.69, 9.17) is 66.3 Å². The SMILES string of the molecule is C.C.COc1ccc(Cc2ccc(CCC(=O)Oc3ccccc3)nc2)c(F)c1-c1cccc(Cl)c1.COc1ccc(Cc2ccc(CN)nc2)c(F)c1-c1cccc(Cl)c1.ClCCl. The van der Waals surface area contributed by atoms with E-state index in [1.54, 1.807) is 91.3 Å². The molecule has 0 saturated heterocycles. The van der Waals surface area contributed by atoms with Gasteiger partial charge in [0.15, 0.2) is 0 Å². The van der Waals surface area contributed by atoms with Crippen molar-refractivity contribution in [1.29, 1.82) is 0 Å². The molecule has 2 N–H and O–H groups in total. The van der Waals surface area contributed by atoms with Gasteiger partial charge in [-0.2, -0.15) is 0 Å². The fourth-order valence-corrected chi connectivity index (χ4v) is 6.75. The lowest BCUT2D eigenvalue weighted by atomic mass is 9.97. The molecule has 2 aromatic heterocycles. The van der Waals surface area contributed by atoms with Crippen molar-refractivity contribution in [1.82, 2.24) is 9.97 Å².